The van der Waals surface area contributed by atoms with Crippen molar-refractivity contribution in [3.63, 3.8) is 0 Å². The van der Waals surface area contributed by atoms with Crippen molar-refractivity contribution in [2.24, 2.45) is 0 Å². The normalized spacial score (nSPS) is 10.7. The Labute approximate surface area is 146 Å². The van der Waals surface area contributed by atoms with Crippen LogP contribution in [0.5, 0.6) is 0 Å². The van der Waals surface area contributed by atoms with Gasteiger partial charge in [-0.25, -0.2) is 0 Å². The molecule has 0 aliphatic rings. The molecule has 1 N–H and O–H groups in total. The molecule has 2 aromatic carbocycles. The number of halogens is 2. The summed E-state index contributed by atoms with van der Waals surface area (Å²) in [6, 6.07) is 18.4. The standard InChI is InChI=1S/C18H15Br2NO/c1-12-2-5-14(6-3-12)21-11-15-7-9-18(22-15)16-8-4-13(19)10-17(16)20/h2-10,21H,11H2,1H3. The molecule has 0 aliphatic heterocycles. The molecule has 4 heteroatoms. The van der Waals surface area contributed by atoms with Crippen molar-refractivity contribution in [2.45, 2.75) is 13.5 Å². The van der Waals surface area contributed by atoms with Gasteiger partial charge >= 0.3 is 0 Å². The highest BCUT2D eigenvalue weighted by molar-refractivity contribution is 9.11. The Morgan fingerprint density at radius 2 is 1.73 bits per heavy atom. The first-order valence-electron chi connectivity index (χ1n) is 6.96. The zero-order valence-corrected chi connectivity index (χ0v) is 15.2. The van der Waals surface area contributed by atoms with E-state index in [4.69, 9.17) is 4.42 Å². The maximum Gasteiger partial charge on any atom is 0.135 e. The summed E-state index contributed by atoms with van der Waals surface area (Å²) in [5.41, 5.74) is 3.39. The highest BCUT2D eigenvalue weighted by Gasteiger charge is 2.08. The van der Waals surface area contributed by atoms with Crippen LogP contribution in [0.4, 0.5) is 5.69 Å². The Kier molecular flexibility index (Phi) is 4.69. The topological polar surface area (TPSA) is 25.2 Å². The molecule has 0 radical (unpaired) electrons. The lowest BCUT2D eigenvalue weighted by atomic mass is 10.2. The van der Waals surface area contributed by atoms with E-state index in [1.54, 1.807) is 0 Å². The van der Waals surface area contributed by atoms with Gasteiger partial charge in [-0.05, 0) is 65.3 Å². The van der Waals surface area contributed by atoms with Crippen molar-refractivity contribution in [1.29, 1.82) is 0 Å². The lowest BCUT2D eigenvalue weighted by Gasteiger charge is -2.05. The Balaban J connectivity index is 1.72. The first kappa shape index (κ1) is 15.4. The summed E-state index contributed by atoms with van der Waals surface area (Å²) in [5, 5.41) is 3.36. The van der Waals surface area contributed by atoms with E-state index in [9.17, 15) is 0 Å². The van der Waals surface area contributed by atoms with Gasteiger partial charge in [0.15, 0.2) is 0 Å². The Bertz CT molecular complexity index is 778. The Hall–Kier alpha value is -1.52. The molecule has 3 rings (SSSR count). The molecule has 0 saturated carbocycles. The van der Waals surface area contributed by atoms with E-state index in [-0.39, 0.29) is 0 Å². The average Bonchev–Trinajstić information content (AvgIpc) is 2.95. The molecule has 1 heterocycles. The number of furan rings is 1. The summed E-state index contributed by atoms with van der Waals surface area (Å²) < 4.78 is 7.97. The third-order valence-corrected chi connectivity index (χ3v) is 4.53. The van der Waals surface area contributed by atoms with Crippen LogP contribution in [0.1, 0.15) is 11.3 Å². The maximum absolute atomic E-state index is 5.93. The highest BCUT2D eigenvalue weighted by atomic mass is 79.9. The molecular formula is C18H15Br2NO. The largest absolute Gasteiger partial charge is 0.459 e. The van der Waals surface area contributed by atoms with Gasteiger partial charge in [-0.15, -0.1) is 0 Å². The number of nitrogens with one attached hydrogen (secondary N) is 1. The van der Waals surface area contributed by atoms with Gasteiger partial charge in [0, 0.05) is 20.2 Å². The van der Waals surface area contributed by atoms with Crippen molar-refractivity contribution in [1.82, 2.24) is 0 Å². The van der Waals surface area contributed by atoms with E-state index in [0.717, 1.165) is 31.7 Å². The zero-order chi connectivity index (χ0) is 15.5. The van der Waals surface area contributed by atoms with Gasteiger partial charge in [-0.3, -0.25) is 0 Å². The first-order chi connectivity index (χ1) is 10.6. The third kappa shape index (κ3) is 3.62. The molecule has 0 amide bonds. The minimum atomic E-state index is 0.664. The fourth-order valence-electron chi connectivity index (χ4n) is 2.17. The zero-order valence-electron chi connectivity index (χ0n) is 12.1. The van der Waals surface area contributed by atoms with Gasteiger partial charge in [0.1, 0.15) is 11.5 Å². The summed E-state index contributed by atoms with van der Waals surface area (Å²) in [6.07, 6.45) is 0. The minimum absolute atomic E-state index is 0.664. The van der Waals surface area contributed by atoms with Crippen molar-refractivity contribution in [2.75, 3.05) is 5.32 Å². The number of benzene rings is 2. The lowest BCUT2D eigenvalue weighted by Crippen LogP contribution is -1.97. The smallest absolute Gasteiger partial charge is 0.135 e. The summed E-state index contributed by atoms with van der Waals surface area (Å²) in [5.74, 6) is 1.77. The first-order valence-corrected chi connectivity index (χ1v) is 8.55. The molecule has 2 nitrogen and oxygen atoms in total. The van der Waals surface area contributed by atoms with Gasteiger partial charge in [-0.1, -0.05) is 33.6 Å². The molecule has 1 aromatic heterocycles. The second-order valence-electron chi connectivity index (χ2n) is 5.11. The van der Waals surface area contributed by atoms with Crippen LogP contribution in [0, 0.1) is 6.92 Å². The van der Waals surface area contributed by atoms with E-state index in [1.807, 2.05) is 30.3 Å². The summed E-state index contributed by atoms with van der Waals surface area (Å²) in [4.78, 5) is 0. The molecule has 22 heavy (non-hydrogen) atoms. The van der Waals surface area contributed by atoms with Crippen LogP contribution >= 0.6 is 31.9 Å². The summed E-state index contributed by atoms with van der Waals surface area (Å²) in [7, 11) is 0. The van der Waals surface area contributed by atoms with Gasteiger partial charge < -0.3 is 9.73 Å². The fourth-order valence-corrected chi connectivity index (χ4v) is 3.41. The van der Waals surface area contributed by atoms with Crippen LogP contribution in [0.2, 0.25) is 0 Å². The Morgan fingerprint density at radius 3 is 2.45 bits per heavy atom. The van der Waals surface area contributed by atoms with Crippen molar-refractivity contribution < 1.29 is 4.42 Å². The van der Waals surface area contributed by atoms with Crippen molar-refractivity contribution in [3.8, 4) is 11.3 Å². The van der Waals surface area contributed by atoms with Gasteiger partial charge in [-0.2, -0.15) is 0 Å². The number of anilines is 1. The van der Waals surface area contributed by atoms with Gasteiger partial charge in [0.2, 0.25) is 0 Å². The quantitative estimate of drug-likeness (QED) is 0.528. The molecule has 0 atom stereocenters. The van der Waals surface area contributed by atoms with Gasteiger partial charge in [0.25, 0.3) is 0 Å². The van der Waals surface area contributed by atoms with Crippen LogP contribution in [-0.4, -0.2) is 0 Å². The van der Waals surface area contributed by atoms with E-state index in [2.05, 4.69) is 68.4 Å². The maximum atomic E-state index is 5.93. The molecular weight excluding hydrogens is 406 g/mol. The van der Waals surface area contributed by atoms with Crippen LogP contribution in [0.15, 0.2) is 68.0 Å². The summed E-state index contributed by atoms with van der Waals surface area (Å²) >= 11 is 7.03. The van der Waals surface area contributed by atoms with Gasteiger partial charge in [0.05, 0.1) is 6.54 Å². The van der Waals surface area contributed by atoms with Crippen LogP contribution < -0.4 is 5.32 Å². The monoisotopic (exact) mass is 419 g/mol. The molecule has 0 unspecified atom stereocenters. The lowest BCUT2D eigenvalue weighted by molar-refractivity contribution is 0.531. The molecule has 112 valence electrons. The highest BCUT2D eigenvalue weighted by Crippen LogP contribution is 2.32. The molecule has 0 saturated heterocycles. The molecule has 0 spiro atoms. The molecule has 0 aliphatic carbocycles. The third-order valence-electron chi connectivity index (χ3n) is 3.38. The predicted molar refractivity (Wildman–Crippen MR) is 98.0 cm³/mol. The van der Waals surface area contributed by atoms with Crippen molar-refractivity contribution in [3.05, 3.63) is 74.9 Å². The average molecular weight is 421 g/mol. The molecule has 0 bridgehead atoms. The van der Waals surface area contributed by atoms with E-state index in [1.165, 1.54) is 5.56 Å². The van der Waals surface area contributed by atoms with Crippen LogP contribution in [-0.2, 0) is 6.54 Å². The number of hydrogen-bond donors (Lipinski definition) is 1. The second kappa shape index (κ2) is 6.71. The minimum Gasteiger partial charge on any atom is -0.459 e. The van der Waals surface area contributed by atoms with Crippen molar-refractivity contribution >= 4 is 37.5 Å². The van der Waals surface area contributed by atoms with Crippen LogP contribution in [0.3, 0.4) is 0 Å². The summed E-state index contributed by atoms with van der Waals surface area (Å²) in [6.45, 7) is 2.75. The van der Waals surface area contributed by atoms with E-state index in [0.29, 0.717) is 6.54 Å². The number of aryl methyl sites for hydroxylation is 1. The van der Waals surface area contributed by atoms with Crippen LogP contribution in [0.25, 0.3) is 11.3 Å². The fraction of sp³-hybridized carbons (Fsp3) is 0.111. The Morgan fingerprint density at radius 1 is 0.955 bits per heavy atom. The molecule has 3 aromatic rings. The predicted octanol–water partition coefficient (Wildman–Crippen LogP) is 6.39. The van der Waals surface area contributed by atoms with E-state index >= 15 is 0 Å². The number of rotatable bonds is 4. The molecule has 0 fully saturated rings. The van der Waals surface area contributed by atoms with E-state index < -0.39 is 0 Å². The SMILES string of the molecule is Cc1ccc(NCc2ccc(-c3ccc(Br)cc3Br)o2)cc1. The second-order valence-corrected chi connectivity index (χ2v) is 6.88. The number of hydrogen-bond acceptors (Lipinski definition) is 2.